The van der Waals surface area contributed by atoms with Crippen LogP contribution in [0.3, 0.4) is 0 Å². The highest BCUT2D eigenvalue weighted by Crippen LogP contribution is 2.47. The molecule has 1 aliphatic carbocycles. The average Bonchev–Trinajstić information content (AvgIpc) is 3.54. The molecule has 3 aromatic rings. The third-order valence-electron chi connectivity index (χ3n) is 6.31. The van der Waals surface area contributed by atoms with E-state index in [2.05, 4.69) is 25.5 Å². The minimum atomic E-state index is -4.57. The van der Waals surface area contributed by atoms with Gasteiger partial charge < -0.3 is 10.2 Å². The summed E-state index contributed by atoms with van der Waals surface area (Å²) in [6, 6.07) is 3.88. The van der Waals surface area contributed by atoms with Gasteiger partial charge in [-0.15, -0.1) is 0 Å². The SMILES string of the molecule is O=C(c1cc(F)ccc1-n1nccn1)N1CC2CCC1(CNc1cnc(C(F)(F)F)cn1)C2. The van der Waals surface area contributed by atoms with E-state index in [0.29, 0.717) is 30.9 Å². The molecule has 1 N–H and O–H groups in total. The number of hydrogen-bond donors (Lipinski definition) is 1. The normalized spacial score (nSPS) is 22.1. The maximum atomic E-state index is 14.1. The van der Waals surface area contributed by atoms with Gasteiger partial charge in [-0.2, -0.15) is 28.2 Å². The fourth-order valence-corrected chi connectivity index (χ4v) is 4.78. The topological polar surface area (TPSA) is 88.8 Å². The van der Waals surface area contributed by atoms with Crippen LogP contribution in [0, 0.1) is 11.7 Å². The maximum absolute atomic E-state index is 14.1. The maximum Gasteiger partial charge on any atom is 0.434 e. The summed E-state index contributed by atoms with van der Waals surface area (Å²) < 4.78 is 52.3. The number of carbonyl (C=O) groups excluding carboxylic acids is 1. The molecule has 2 aromatic heterocycles. The quantitative estimate of drug-likeness (QED) is 0.587. The molecule has 8 nitrogen and oxygen atoms in total. The van der Waals surface area contributed by atoms with E-state index in [1.807, 2.05) is 0 Å². The van der Waals surface area contributed by atoms with Gasteiger partial charge in [-0.3, -0.25) is 4.79 Å². The van der Waals surface area contributed by atoms with Crippen LogP contribution in [-0.2, 0) is 6.18 Å². The molecule has 33 heavy (non-hydrogen) atoms. The first-order valence-corrected chi connectivity index (χ1v) is 10.4. The first-order chi connectivity index (χ1) is 15.7. The number of rotatable bonds is 5. The zero-order valence-electron chi connectivity index (χ0n) is 17.3. The number of aromatic nitrogens is 5. The first kappa shape index (κ1) is 21.3. The molecule has 2 bridgehead atoms. The third-order valence-corrected chi connectivity index (χ3v) is 6.31. The largest absolute Gasteiger partial charge is 0.434 e. The first-order valence-electron chi connectivity index (χ1n) is 10.4. The Hall–Kier alpha value is -3.57. The van der Waals surface area contributed by atoms with Crippen molar-refractivity contribution in [1.29, 1.82) is 0 Å². The van der Waals surface area contributed by atoms with Gasteiger partial charge in [0.05, 0.1) is 41.6 Å². The monoisotopic (exact) mass is 461 g/mol. The standard InChI is InChI=1S/C21H19F4N7O/c22-14-1-2-16(32-29-5-6-30-32)15(7-14)19(33)31-11-13-3-4-20(31,8-13)12-28-18-10-26-17(9-27-18)21(23,24)25/h1-2,5-7,9-10,13H,3-4,8,11-12H2,(H,27,28). The zero-order chi connectivity index (χ0) is 23.2. The van der Waals surface area contributed by atoms with Crippen LogP contribution < -0.4 is 5.32 Å². The number of alkyl halides is 3. The second kappa shape index (κ2) is 7.78. The van der Waals surface area contributed by atoms with E-state index < -0.39 is 23.2 Å². The van der Waals surface area contributed by atoms with Crippen LogP contribution in [-0.4, -0.2) is 54.4 Å². The van der Waals surface area contributed by atoms with Crippen molar-refractivity contribution >= 4 is 11.7 Å². The molecule has 3 heterocycles. The highest BCUT2D eigenvalue weighted by atomic mass is 19.4. The molecule has 1 aliphatic heterocycles. The van der Waals surface area contributed by atoms with Crippen molar-refractivity contribution < 1.29 is 22.4 Å². The van der Waals surface area contributed by atoms with E-state index in [9.17, 15) is 22.4 Å². The second-order valence-electron chi connectivity index (χ2n) is 8.37. The highest BCUT2D eigenvalue weighted by Gasteiger charge is 2.52. The molecule has 12 heteroatoms. The molecular formula is C21H19F4N7O. The molecule has 1 saturated heterocycles. The van der Waals surface area contributed by atoms with Crippen molar-refractivity contribution in [2.24, 2.45) is 5.92 Å². The number of nitrogens with zero attached hydrogens (tertiary/aromatic N) is 6. The van der Waals surface area contributed by atoms with Crippen molar-refractivity contribution in [3.8, 4) is 5.69 Å². The number of amides is 1. The Morgan fingerprint density at radius 2 is 1.97 bits per heavy atom. The number of halogens is 4. The summed E-state index contributed by atoms with van der Waals surface area (Å²) in [5.41, 5.74) is -1.12. The summed E-state index contributed by atoms with van der Waals surface area (Å²) in [6.07, 6.45) is 2.45. The minimum Gasteiger partial charge on any atom is -0.366 e. The number of piperidine rings is 1. The lowest BCUT2D eigenvalue weighted by Gasteiger charge is -2.39. The summed E-state index contributed by atoms with van der Waals surface area (Å²) in [7, 11) is 0. The number of likely N-dealkylation sites (tertiary alicyclic amines) is 1. The Kier molecular flexibility index (Phi) is 5.02. The van der Waals surface area contributed by atoms with Crippen LogP contribution in [0.1, 0.15) is 35.3 Å². The van der Waals surface area contributed by atoms with E-state index in [1.165, 1.54) is 35.4 Å². The van der Waals surface area contributed by atoms with Crippen molar-refractivity contribution in [3.63, 3.8) is 0 Å². The number of nitrogens with one attached hydrogen (secondary N) is 1. The summed E-state index contributed by atoms with van der Waals surface area (Å²) in [5.74, 6) is -0.406. The molecular weight excluding hydrogens is 442 g/mol. The van der Waals surface area contributed by atoms with Crippen molar-refractivity contribution in [3.05, 3.63) is 60.1 Å². The lowest BCUT2D eigenvalue weighted by molar-refractivity contribution is -0.141. The van der Waals surface area contributed by atoms with Gasteiger partial charge in [0.15, 0.2) is 5.69 Å². The Balaban J connectivity index is 1.39. The molecule has 2 aliphatic rings. The van der Waals surface area contributed by atoms with Gasteiger partial charge in [-0.25, -0.2) is 14.4 Å². The Morgan fingerprint density at radius 3 is 2.64 bits per heavy atom. The number of carbonyl (C=O) groups is 1. The molecule has 0 spiro atoms. The van der Waals surface area contributed by atoms with Crippen molar-refractivity contribution in [2.45, 2.75) is 31.0 Å². The minimum absolute atomic E-state index is 0.146. The fourth-order valence-electron chi connectivity index (χ4n) is 4.78. The molecule has 172 valence electrons. The van der Waals surface area contributed by atoms with Gasteiger partial charge in [0, 0.05) is 13.1 Å². The number of hydrogen-bond acceptors (Lipinski definition) is 6. The predicted molar refractivity (Wildman–Crippen MR) is 108 cm³/mol. The van der Waals surface area contributed by atoms with Gasteiger partial charge >= 0.3 is 6.18 Å². The van der Waals surface area contributed by atoms with Crippen molar-refractivity contribution in [2.75, 3.05) is 18.4 Å². The number of anilines is 1. The van der Waals surface area contributed by atoms with Crippen LogP contribution in [0.2, 0.25) is 0 Å². The molecule has 5 rings (SSSR count). The van der Waals surface area contributed by atoms with E-state index in [4.69, 9.17) is 0 Å². The molecule has 1 amide bonds. The molecule has 2 unspecified atom stereocenters. The number of benzene rings is 1. The van der Waals surface area contributed by atoms with Gasteiger partial charge in [0.1, 0.15) is 11.6 Å². The van der Waals surface area contributed by atoms with Crippen LogP contribution in [0.5, 0.6) is 0 Å². The summed E-state index contributed by atoms with van der Waals surface area (Å²) in [4.78, 5) is 23.8. The van der Waals surface area contributed by atoms with E-state index in [0.717, 1.165) is 25.5 Å². The van der Waals surface area contributed by atoms with E-state index >= 15 is 0 Å². The van der Waals surface area contributed by atoms with Gasteiger partial charge in [0.2, 0.25) is 0 Å². The lowest BCUT2D eigenvalue weighted by Crippen LogP contribution is -2.52. The van der Waals surface area contributed by atoms with Gasteiger partial charge in [-0.1, -0.05) is 0 Å². The zero-order valence-corrected chi connectivity index (χ0v) is 17.3. The molecule has 0 radical (unpaired) electrons. The average molecular weight is 461 g/mol. The number of fused-ring (bicyclic) bond motifs is 2. The summed E-state index contributed by atoms with van der Waals surface area (Å²) in [6.45, 7) is 0.807. The Morgan fingerprint density at radius 1 is 1.18 bits per heavy atom. The smallest absolute Gasteiger partial charge is 0.366 e. The van der Waals surface area contributed by atoms with E-state index in [-0.39, 0.29) is 17.3 Å². The molecule has 2 fully saturated rings. The fraction of sp³-hybridized carbons (Fsp3) is 0.381. The summed E-state index contributed by atoms with van der Waals surface area (Å²) >= 11 is 0. The molecule has 1 aromatic carbocycles. The van der Waals surface area contributed by atoms with E-state index in [1.54, 1.807) is 4.90 Å². The predicted octanol–water partition coefficient (Wildman–Crippen LogP) is 3.32. The summed E-state index contributed by atoms with van der Waals surface area (Å²) in [5, 5.41) is 11.1. The van der Waals surface area contributed by atoms with Crippen molar-refractivity contribution in [1.82, 2.24) is 29.9 Å². The van der Waals surface area contributed by atoms with Crippen LogP contribution in [0.15, 0.2) is 43.0 Å². The third kappa shape index (κ3) is 3.89. The van der Waals surface area contributed by atoms with Crippen LogP contribution >= 0.6 is 0 Å². The van der Waals surface area contributed by atoms with Crippen LogP contribution in [0.4, 0.5) is 23.4 Å². The van der Waals surface area contributed by atoms with Gasteiger partial charge in [-0.05, 0) is 43.4 Å². The van der Waals surface area contributed by atoms with Crippen LogP contribution in [0.25, 0.3) is 5.69 Å². The molecule has 2 atom stereocenters. The molecule has 1 saturated carbocycles. The Bertz CT molecular complexity index is 1170. The van der Waals surface area contributed by atoms with Gasteiger partial charge in [0.25, 0.3) is 5.91 Å². The Labute approximate surface area is 185 Å². The highest BCUT2D eigenvalue weighted by molar-refractivity contribution is 5.98. The lowest BCUT2D eigenvalue weighted by atomic mass is 9.95. The second-order valence-corrected chi connectivity index (χ2v) is 8.37.